The average molecular weight is 379 g/mol. The Morgan fingerprint density at radius 1 is 1.18 bits per heavy atom. The fraction of sp³-hybridized carbons (Fsp3) is 0.417. The van der Waals surface area contributed by atoms with Gasteiger partial charge in [0.1, 0.15) is 0 Å². The molecule has 0 amide bonds. The van der Waals surface area contributed by atoms with Crippen LogP contribution in [0.5, 0.6) is 0 Å². The smallest absolute Gasteiger partial charge is 0.269 e. The number of unbranched alkanes of at least 4 members (excludes halogenated alkanes) is 1. The maximum atomic E-state index is 10.8. The standard InChI is InChI=1S/C24H30N2O2/c1-3-5-8-19(4-2)17-25-18-21(23-9-6-7-10-24(23)25)14-11-20-12-15-22(16-13-20)26(27)28/h6-7,9-16,19,21H,3-5,8,17-18H2,1-2H3/b14-11+. The molecular formula is C24H30N2O2. The van der Waals surface area contributed by atoms with Gasteiger partial charge in [0.25, 0.3) is 5.69 Å². The average Bonchev–Trinajstić information content (AvgIpc) is 3.07. The molecule has 2 atom stereocenters. The molecule has 2 unspecified atom stereocenters. The first-order valence-corrected chi connectivity index (χ1v) is 10.4. The summed E-state index contributed by atoms with van der Waals surface area (Å²) in [5.41, 5.74) is 3.87. The van der Waals surface area contributed by atoms with Crippen LogP contribution in [0.15, 0.2) is 54.6 Å². The van der Waals surface area contributed by atoms with Crippen LogP contribution in [0.2, 0.25) is 0 Å². The Labute approximate surface area is 168 Å². The van der Waals surface area contributed by atoms with Gasteiger partial charge >= 0.3 is 0 Å². The zero-order valence-electron chi connectivity index (χ0n) is 16.9. The van der Waals surface area contributed by atoms with E-state index in [0.29, 0.717) is 5.92 Å². The Hall–Kier alpha value is -2.62. The minimum atomic E-state index is -0.360. The van der Waals surface area contributed by atoms with Gasteiger partial charge in [-0.3, -0.25) is 10.1 Å². The third kappa shape index (κ3) is 4.80. The normalized spacial score (nSPS) is 17.1. The molecule has 1 heterocycles. The zero-order chi connectivity index (χ0) is 19.9. The van der Waals surface area contributed by atoms with E-state index >= 15 is 0 Å². The van der Waals surface area contributed by atoms with Gasteiger partial charge in [0, 0.05) is 36.8 Å². The summed E-state index contributed by atoms with van der Waals surface area (Å²) in [4.78, 5) is 13.0. The van der Waals surface area contributed by atoms with Gasteiger partial charge in [-0.15, -0.1) is 0 Å². The minimum Gasteiger partial charge on any atom is -0.370 e. The second kappa shape index (κ2) is 9.54. The fourth-order valence-corrected chi connectivity index (χ4v) is 4.02. The molecule has 0 saturated heterocycles. The van der Waals surface area contributed by atoms with Crippen LogP contribution in [0.4, 0.5) is 11.4 Å². The van der Waals surface area contributed by atoms with Crippen LogP contribution in [-0.2, 0) is 0 Å². The lowest BCUT2D eigenvalue weighted by atomic mass is 9.98. The second-order valence-corrected chi connectivity index (χ2v) is 7.69. The number of hydrogen-bond donors (Lipinski definition) is 0. The van der Waals surface area contributed by atoms with Crippen molar-refractivity contribution in [1.82, 2.24) is 0 Å². The summed E-state index contributed by atoms with van der Waals surface area (Å²) in [6, 6.07) is 15.5. The Bertz CT molecular complexity index is 814. The minimum absolute atomic E-state index is 0.132. The van der Waals surface area contributed by atoms with Gasteiger partial charge in [0.2, 0.25) is 0 Å². The van der Waals surface area contributed by atoms with Gasteiger partial charge in [-0.2, -0.15) is 0 Å². The molecule has 148 valence electrons. The van der Waals surface area contributed by atoms with Gasteiger partial charge < -0.3 is 4.90 Å². The molecule has 0 fully saturated rings. The Morgan fingerprint density at radius 2 is 1.93 bits per heavy atom. The Kier molecular flexibility index (Phi) is 6.85. The van der Waals surface area contributed by atoms with E-state index in [1.807, 2.05) is 12.1 Å². The van der Waals surface area contributed by atoms with Crippen molar-refractivity contribution in [2.45, 2.75) is 45.4 Å². The van der Waals surface area contributed by atoms with Gasteiger partial charge in [-0.05, 0) is 41.7 Å². The fourth-order valence-electron chi connectivity index (χ4n) is 4.02. The highest BCUT2D eigenvalue weighted by Gasteiger charge is 2.27. The lowest BCUT2D eigenvalue weighted by molar-refractivity contribution is -0.384. The maximum Gasteiger partial charge on any atom is 0.269 e. The summed E-state index contributed by atoms with van der Waals surface area (Å²) < 4.78 is 0. The number of rotatable bonds is 9. The number of non-ortho nitro benzene ring substituents is 1. The highest BCUT2D eigenvalue weighted by atomic mass is 16.6. The number of nitro groups is 1. The second-order valence-electron chi connectivity index (χ2n) is 7.69. The zero-order valence-corrected chi connectivity index (χ0v) is 16.9. The van der Waals surface area contributed by atoms with Gasteiger partial charge in [0.05, 0.1) is 4.92 Å². The summed E-state index contributed by atoms with van der Waals surface area (Å²) >= 11 is 0. The highest BCUT2D eigenvalue weighted by molar-refractivity contribution is 5.63. The molecule has 4 nitrogen and oxygen atoms in total. The van der Waals surface area contributed by atoms with Crippen LogP contribution in [0.3, 0.4) is 0 Å². The quantitative estimate of drug-likeness (QED) is 0.373. The molecule has 0 aliphatic carbocycles. The number of para-hydroxylation sites is 1. The van der Waals surface area contributed by atoms with E-state index in [2.05, 4.69) is 55.2 Å². The third-order valence-corrected chi connectivity index (χ3v) is 5.74. The van der Waals surface area contributed by atoms with Crippen molar-refractivity contribution in [1.29, 1.82) is 0 Å². The number of benzene rings is 2. The summed E-state index contributed by atoms with van der Waals surface area (Å²) in [7, 11) is 0. The Morgan fingerprint density at radius 3 is 2.61 bits per heavy atom. The molecule has 1 aliphatic rings. The SMILES string of the molecule is CCCCC(CC)CN1CC(/C=C/c2ccc([N+](=O)[O-])cc2)c2ccccc21. The number of nitro benzene ring substituents is 1. The number of nitrogens with zero attached hydrogens (tertiary/aromatic N) is 2. The van der Waals surface area contributed by atoms with Crippen LogP contribution in [-0.4, -0.2) is 18.0 Å². The van der Waals surface area contributed by atoms with Crippen molar-refractivity contribution < 1.29 is 4.92 Å². The van der Waals surface area contributed by atoms with E-state index < -0.39 is 0 Å². The summed E-state index contributed by atoms with van der Waals surface area (Å²) in [6.07, 6.45) is 9.41. The molecule has 1 aliphatic heterocycles. The lowest BCUT2D eigenvalue weighted by Gasteiger charge is -2.25. The molecule has 0 radical (unpaired) electrons. The Balaban J connectivity index is 1.73. The van der Waals surface area contributed by atoms with Gasteiger partial charge in [-0.25, -0.2) is 0 Å². The molecule has 2 aromatic carbocycles. The van der Waals surface area contributed by atoms with Crippen LogP contribution in [0, 0.1) is 16.0 Å². The largest absolute Gasteiger partial charge is 0.370 e. The topological polar surface area (TPSA) is 46.4 Å². The monoisotopic (exact) mass is 378 g/mol. The number of hydrogen-bond acceptors (Lipinski definition) is 3. The van der Waals surface area contributed by atoms with Crippen LogP contribution in [0.25, 0.3) is 6.08 Å². The molecule has 0 saturated carbocycles. The third-order valence-electron chi connectivity index (χ3n) is 5.74. The molecule has 28 heavy (non-hydrogen) atoms. The predicted octanol–water partition coefficient (Wildman–Crippen LogP) is 6.43. The van der Waals surface area contributed by atoms with E-state index in [1.54, 1.807) is 12.1 Å². The highest BCUT2D eigenvalue weighted by Crippen LogP contribution is 2.38. The molecule has 2 aromatic rings. The summed E-state index contributed by atoms with van der Waals surface area (Å²) in [5.74, 6) is 1.10. The van der Waals surface area contributed by atoms with Crippen molar-refractivity contribution in [2.24, 2.45) is 5.92 Å². The van der Waals surface area contributed by atoms with Gasteiger partial charge in [-0.1, -0.05) is 63.5 Å². The summed E-state index contributed by atoms with van der Waals surface area (Å²) in [5, 5.41) is 10.8. The van der Waals surface area contributed by atoms with Crippen molar-refractivity contribution in [3.8, 4) is 0 Å². The molecular weight excluding hydrogens is 348 g/mol. The lowest BCUT2D eigenvalue weighted by Crippen LogP contribution is -2.28. The molecule has 4 heteroatoms. The molecule has 3 rings (SSSR count). The maximum absolute atomic E-state index is 10.8. The first-order valence-electron chi connectivity index (χ1n) is 10.4. The van der Waals surface area contributed by atoms with Crippen molar-refractivity contribution >= 4 is 17.5 Å². The number of anilines is 1. The van der Waals surface area contributed by atoms with Crippen LogP contribution in [0.1, 0.15) is 56.6 Å². The van der Waals surface area contributed by atoms with E-state index in [1.165, 1.54) is 36.9 Å². The molecule has 0 N–H and O–H groups in total. The number of fused-ring (bicyclic) bond motifs is 1. The van der Waals surface area contributed by atoms with Crippen molar-refractivity contribution in [2.75, 3.05) is 18.0 Å². The molecule has 0 aromatic heterocycles. The first-order chi connectivity index (χ1) is 13.6. The van der Waals surface area contributed by atoms with E-state index in [0.717, 1.165) is 24.6 Å². The van der Waals surface area contributed by atoms with E-state index in [-0.39, 0.29) is 10.6 Å². The molecule has 0 bridgehead atoms. The van der Waals surface area contributed by atoms with Gasteiger partial charge in [0.15, 0.2) is 0 Å². The van der Waals surface area contributed by atoms with E-state index in [9.17, 15) is 10.1 Å². The van der Waals surface area contributed by atoms with Crippen LogP contribution < -0.4 is 4.90 Å². The summed E-state index contributed by atoms with van der Waals surface area (Å²) in [6.45, 7) is 6.69. The van der Waals surface area contributed by atoms with Crippen molar-refractivity contribution in [3.05, 3.63) is 75.8 Å². The van der Waals surface area contributed by atoms with Crippen LogP contribution >= 0.6 is 0 Å². The predicted molar refractivity (Wildman–Crippen MR) is 117 cm³/mol. The van der Waals surface area contributed by atoms with E-state index in [4.69, 9.17) is 0 Å². The molecule has 0 spiro atoms. The first kappa shape index (κ1) is 20.1. The van der Waals surface area contributed by atoms with Crippen molar-refractivity contribution in [3.63, 3.8) is 0 Å².